The molecule has 1 aliphatic carbocycles. The number of benzene rings is 1. The van der Waals surface area contributed by atoms with Gasteiger partial charge in [0.05, 0.1) is 5.69 Å². The molecule has 0 saturated heterocycles. The summed E-state index contributed by atoms with van der Waals surface area (Å²) in [6.45, 7) is 3.56. The molecule has 1 aromatic carbocycles. The summed E-state index contributed by atoms with van der Waals surface area (Å²) in [7, 11) is 0. The highest BCUT2D eigenvalue weighted by molar-refractivity contribution is 5.96. The number of nitrogens with one attached hydrogen (secondary N) is 1. The summed E-state index contributed by atoms with van der Waals surface area (Å²) in [5.74, 6) is 0.502. The van der Waals surface area contributed by atoms with Crippen molar-refractivity contribution < 1.29 is 9.32 Å². The van der Waals surface area contributed by atoms with E-state index in [2.05, 4.69) is 34.7 Å². The van der Waals surface area contributed by atoms with Gasteiger partial charge in [-0.1, -0.05) is 29.4 Å². The molecule has 0 aliphatic heterocycles. The number of carbonyl (C=O) groups is 1. The van der Waals surface area contributed by atoms with Crippen molar-refractivity contribution in [1.29, 1.82) is 0 Å². The molecule has 0 spiro atoms. The van der Waals surface area contributed by atoms with Crippen LogP contribution in [0.3, 0.4) is 0 Å². The molecule has 2 aromatic rings. The van der Waals surface area contributed by atoms with Crippen molar-refractivity contribution in [2.45, 2.75) is 39.2 Å². The molecule has 1 aliphatic rings. The average molecular weight is 270 g/mol. The third-order valence-corrected chi connectivity index (χ3v) is 3.94. The Bertz CT molecular complexity index is 626. The van der Waals surface area contributed by atoms with Crippen LogP contribution in [0.15, 0.2) is 28.8 Å². The van der Waals surface area contributed by atoms with Gasteiger partial charge in [0.25, 0.3) is 5.91 Å². The van der Waals surface area contributed by atoms with Gasteiger partial charge in [-0.25, -0.2) is 0 Å². The first-order valence-electron chi connectivity index (χ1n) is 6.95. The Morgan fingerprint density at radius 3 is 2.75 bits per heavy atom. The molecule has 4 heteroatoms. The number of aryl methyl sites for hydroxylation is 3. The molecule has 1 N–H and O–H groups in total. The van der Waals surface area contributed by atoms with Crippen LogP contribution < -0.4 is 5.32 Å². The number of fused-ring (bicyclic) bond motifs is 1. The third kappa shape index (κ3) is 2.33. The van der Waals surface area contributed by atoms with Crippen molar-refractivity contribution in [3.8, 4) is 0 Å². The second-order valence-electron chi connectivity index (χ2n) is 5.38. The fourth-order valence-electron chi connectivity index (χ4n) is 2.89. The van der Waals surface area contributed by atoms with Crippen LogP contribution >= 0.6 is 0 Å². The summed E-state index contributed by atoms with van der Waals surface area (Å²) in [5, 5.41) is 6.94. The number of rotatable bonds is 2. The smallest absolute Gasteiger partial charge is 0.257 e. The highest BCUT2D eigenvalue weighted by Crippen LogP contribution is 2.22. The molecule has 104 valence electrons. The van der Waals surface area contributed by atoms with Gasteiger partial charge in [0.1, 0.15) is 11.3 Å². The minimum Gasteiger partial charge on any atom is -0.361 e. The minimum atomic E-state index is -0.0781. The number of nitrogens with zero attached hydrogens (tertiary/aromatic N) is 1. The van der Waals surface area contributed by atoms with E-state index in [0.717, 1.165) is 19.3 Å². The van der Waals surface area contributed by atoms with Crippen LogP contribution in [-0.4, -0.2) is 17.1 Å². The zero-order valence-corrected chi connectivity index (χ0v) is 11.8. The van der Waals surface area contributed by atoms with E-state index in [1.54, 1.807) is 13.8 Å². The molecule has 4 nitrogen and oxygen atoms in total. The highest BCUT2D eigenvalue weighted by Gasteiger charge is 2.23. The molecule has 1 atom stereocenters. The van der Waals surface area contributed by atoms with Crippen LogP contribution in [0.5, 0.6) is 0 Å². The van der Waals surface area contributed by atoms with Gasteiger partial charge >= 0.3 is 0 Å². The number of carbonyl (C=O) groups excluding carboxylic acids is 1. The van der Waals surface area contributed by atoms with Crippen LogP contribution in [0.25, 0.3) is 0 Å². The van der Waals surface area contributed by atoms with Crippen LogP contribution in [0.1, 0.15) is 39.4 Å². The molecular formula is C16H18N2O2. The van der Waals surface area contributed by atoms with E-state index < -0.39 is 0 Å². The number of amides is 1. The quantitative estimate of drug-likeness (QED) is 0.912. The third-order valence-electron chi connectivity index (χ3n) is 3.94. The van der Waals surface area contributed by atoms with Crippen LogP contribution in [-0.2, 0) is 12.8 Å². The van der Waals surface area contributed by atoms with E-state index >= 15 is 0 Å². The number of hydrogen-bond acceptors (Lipinski definition) is 3. The van der Waals surface area contributed by atoms with Gasteiger partial charge in [-0.2, -0.15) is 0 Å². The van der Waals surface area contributed by atoms with Crippen molar-refractivity contribution >= 4 is 5.91 Å². The summed E-state index contributed by atoms with van der Waals surface area (Å²) in [6, 6.07) is 8.62. The second kappa shape index (κ2) is 5.12. The molecule has 0 unspecified atom stereocenters. The van der Waals surface area contributed by atoms with E-state index in [9.17, 15) is 4.79 Å². The normalized spacial score (nSPS) is 17.6. The van der Waals surface area contributed by atoms with Gasteiger partial charge in [0, 0.05) is 6.04 Å². The lowest BCUT2D eigenvalue weighted by Crippen LogP contribution is -2.39. The Labute approximate surface area is 118 Å². The number of hydrogen-bond donors (Lipinski definition) is 1. The molecule has 1 heterocycles. The Balaban J connectivity index is 1.73. The van der Waals surface area contributed by atoms with Crippen molar-refractivity contribution in [2.75, 3.05) is 0 Å². The maximum atomic E-state index is 12.3. The Morgan fingerprint density at radius 1 is 1.30 bits per heavy atom. The Morgan fingerprint density at radius 2 is 2.05 bits per heavy atom. The first-order valence-corrected chi connectivity index (χ1v) is 6.95. The lowest BCUT2D eigenvalue weighted by molar-refractivity contribution is 0.0931. The van der Waals surface area contributed by atoms with Crippen molar-refractivity contribution in [1.82, 2.24) is 10.5 Å². The fraction of sp³-hybridized carbons (Fsp3) is 0.375. The average Bonchev–Trinajstić information content (AvgIpc) is 2.78. The standard InChI is InChI=1S/C16H18N2O2/c1-10-15(11(2)20-18-10)16(19)17-14-8-7-12-5-3-4-6-13(12)9-14/h3-6,14H,7-9H2,1-2H3,(H,17,19)/t14-/m1/s1. The topological polar surface area (TPSA) is 55.1 Å². The van der Waals surface area contributed by atoms with Crippen LogP contribution in [0, 0.1) is 13.8 Å². The van der Waals surface area contributed by atoms with Crippen molar-refractivity contribution in [2.24, 2.45) is 0 Å². The van der Waals surface area contributed by atoms with Crippen LogP contribution in [0.2, 0.25) is 0 Å². The molecule has 0 fully saturated rings. The zero-order chi connectivity index (χ0) is 14.1. The second-order valence-corrected chi connectivity index (χ2v) is 5.38. The van der Waals surface area contributed by atoms with E-state index in [4.69, 9.17) is 4.52 Å². The van der Waals surface area contributed by atoms with Gasteiger partial charge in [-0.3, -0.25) is 4.79 Å². The summed E-state index contributed by atoms with van der Waals surface area (Å²) in [4.78, 5) is 12.3. The van der Waals surface area contributed by atoms with Crippen molar-refractivity contribution in [3.05, 3.63) is 52.4 Å². The molecular weight excluding hydrogens is 252 g/mol. The van der Waals surface area contributed by atoms with E-state index in [0.29, 0.717) is 17.0 Å². The largest absolute Gasteiger partial charge is 0.361 e. The molecule has 20 heavy (non-hydrogen) atoms. The van der Waals surface area contributed by atoms with Gasteiger partial charge in [-0.05, 0) is 44.2 Å². The predicted molar refractivity (Wildman–Crippen MR) is 75.7 cm³/mol. The molecule has 1 amide bonds. The van der Waals surface area contributed by atoms with Gasteiger partial charge in [0.2, 0.25) is 0 Å². The Kier molecular flexibility index (Phi) is 3.30. The van der Waals surface area contributed by atoms with Crippen molar-refractivity contribution in [3.63, 3.8) is 0 Å². The highest BCUT2D eigenvalue weighted by atomic mass is 16.5. The number of aromatic nitrogens is 1. The van der Waals surface area contributed by atoms with E-state index in [1.165, 1.54) is 11.1 Å². The molecule has 3 rings (SSSR count). The molecule has 0 radical (unpaired) electrons. The molecule has 0 saturated carbocycles. The summed E-state index contributed by atoms with van der Waals surface area (Å²) >= 11 is 0. The maximum Gasteiger partial charge on any atom is 0.257 e. The molecule has 1 aromatic heterocycles. The van der Waals surface area contributed by atoms with Crippen LogP contribution in [0.4, 0.5) is 0 Å². The van der Waals surface area contributed by atoms with E-state index in [-0.39, 0.29) is 11.9 Å². The minimum absolute atomic E-state index is 0.0781. The van der Waals surface area contributed by atoms with E-state index in [1.807, 2.05) is 0 Å². The first kappa shape index (κ1) is 12.9. The lowest BCUT2D eigenvalue weighted by Gasteiger charge is -2.25. The first-order chi connectivity index (χ1) is 9.65. The zero-order valence-electron chi connectivity index (χ0n) is 11.8. The van der Waals surface area contributed by atoms with Gasteiger partial charge in [-0.15, -0.1) is 0 Å². The predicted octanol–water partition coefficient (Wildman–Crippen LogP) is 2.58. The molecule has 0 bridgehead atoms. The van der Waals surface area contributed by atoms with Gasteiger partial charge in [0.15, 0.2) is 0 Å². The lowest BCUT2D eigenvalue weighted by atomic mass is 9.88. The maximum absolute atomic E-state index is 12.3. The SMILES string of the molecule is Cc1noc(C)c1C(=O)N[C@@H]1CCc2ccccc2C1. The Hall–Kier alpha value is -2.10. The fourth-order valence-corrected chi connectivity index (χ4v) is 2.89. The van der Waals surface area contributed by atoms with Gasteiger partial charge < -0.3 is 9.84 Å². The summed E-state index contributed by atoms with van der Waals surface area (Å²) in [5.41, 5.74) is 3.96. The summed E-state index contributed by atoms with van der Waals surface area (Å²) in [6.07, 6.45) is 2.89. The monoisotopic (exact) mass is 270 g/mol. The summed E-state index contributed by atoms with van der Waals surface area (Å²) < 4.78 is 5.05.